The maximum Gasteiger partial charge on any atom is 0.413 e. The van der Waals surface area contributed by atoms with E-state index in [0.717, 1.165) is 12.3 Å². The van der Waals surface area contributed by atoms with Gasteiger partial charge in [0.1, 0.15) is 6.20 Å². The van der Waals surface area contributed by atoms with Crippen molar-refractivity contribution >= 4 is 11.8 Å². The molecule has 2 unspecified atom stereocenters. The van der Waals surface area contributed by atoms with Crippen LogP contribution in [0.4, 0.5) is 23.7 Å². The second-order valence-corrected chi connectivity index (χ2v) is 4.96. The minimum Gasteiger partial charge on any atom is -0.403 e. The molecule has 126 valence electrons. The van der Waals surface area contributed by atoms with Crippen molar-refractivity contribution in [3.05, 3.63) is 28.6 Å². The van der Waals surface area contributed by atoms with Gasteiger partial charge in [0.25, 0.3) is 0 Å². The molecular formula is C12H13F3N4O4. The van der Waals surface area contributed by atoms with E-state index in [4.69, 9.17) is 4.74 Å². The predicted molar refractivity (Wildman–Crippen MR) is 70.9 cm³/mol. The number of piperidine rings is 1. The molecular weight excluding hydrogens is 321 g/mol. The second-order valence-electron chi connectivity index (χ2n) is 4.96. The summed E-state index contributed by atoms with van der Waals surface area (Å²) in [6.45, 7) is -0.0628. The van der Waals surface area contributed by atoms with Crippen molar-refractivity contribution in [2.45, 2.75) is 18.6 Å². The van der Waals surface area contributed by atoms with Crippen LogP contribution in [-0.2, 0) is 0 Å². The SMILES string of the molecule is O=C(NC1CNCC(C(F)(F)F)C1)Oc1ccncc1[N+](=O)[O-]. The fraction of sp³-hybridized carbons (Fsp3) is 0.500. The third kappa shape index (κ3) is 4.52. The van der Waals surface area contributed by atoms with Gasteiger partial charge in [-0.25, -0.2) is 4.79 Å². The number of nitrogens with zero attached hydrogens (tertiary/aromatic N) is 2. The first-order valence-electron chi connectivity index (χ1n) is 6.61. The Morgan fingerprint density at radius 3 is 2.87 bits per heavy atom. The van der Waals surface area contributed by atoms with Crippen molar-refractivity contribution in [2.75, 3.05) is 13.1 Å². The topological polar surface area (TPSA) is 106 Å². The third-order valence-electron chi connectivity index (χ3n) is 3.30. The third-order valence-corrected chi connectivity index (χ3v) is 3.30. The summed E-state index contributed by atoms with van der Waals surface area (Å²) in [7, 11) is 0. The van der Waals surface area contributed by atoms with Gasteiger partial charge in [-0.05, 0) is 6.42 Å². The van der Waals surface area contributed by atoms with Crippen molar-refractivity contribution in [2.24, 2.45) is 5.92 Å². The Bertz CT molecular complexity index is 596. The summed E-state index contributed by atoms with van der Waals surface area (Å²) in [6, 6.07) is 0.332. The molecule has 11 heteroatoms. The van der Waals surface area contributed by atoms with Gasteiger partial charge in [0.2, 0.25) is 5.75 Å². The zero-order chi connectivity index (χ0) is 17.0. The molecule has 0 bridgehead atoms. The van der Waals surface area contributed by atoms with Gasteiger partial charge in [-0.1, -0.05) is 0 Å². The first-order chi connectivity index (χ1) is 10.8. The largest absolute Gasteiger partial charge is 0.413 e. The fourth-order valence-electron chi connectivity index (χ4n) is 2.19. The van der Waals surface area contributed by atoms with Gasteiger partial charge in [0, 0.05) is 31.4 Å². The Kier molecular flexibility index (Phi) is 4.98. The standard InChI is InChI=1S/C12H13F3N4O4/c13-12(14,15)7-3-8(5-17-4-7)18-11(20)23-10-1-2-16-6-9(10)19(21)22/h1-2,6-8,17H,3-5H2,(H,18,20). The van der Waals surface area contributed by atoms with Crippen molar-refractivity contribution in [1.29, 1.82) is 0 Å². The van der Waals surface area contributed by atoms with Gasteiger partial charge in [-0.3, -0.25) is 15.1 Å². The molecule has 2 heterocycles. The van der Waals surface area contributed by atoms with Crippen molar-refractivity contribution in [1.82, 2.24) is 15.6 Å². The van der Waals surface area contributed by atoms with E-state index in [1.807, 2.05) is 0 Å². The minimum atomic E-state index is -4.36. The van der Waals surface area contributed by atoms with Gasteiger partial charge in [-0.2, -0.15) is 13.2 Å². The van der Waals surface area contributed by atoms with Crippen LogP contribution in [-0.4, -0.2) is 41.3 Å². The summed E-state index contributed by atoms with van der Waals surface area (Å²) in [4.78, 5) is 25.2. The number of carbonyl (C=O) groups is 1. The van der Waals surface area contributed by atoms with Crippen molar-refractivity contribution in [3.63, 3.8) is 0 Å². The van der Waals surface area contributed by atoms with Gasteiger partial charge < -0.3 is 15.4 Å². The molecule has 1 aromatic heterocycles. The van der Waals surface area contributed by atoms with Crippen LogP contribution in [0.1, 0.15) is 6.42 Å². The van der Waals surface area contributed by atoms with E-state index < -0.39 is 34.8 Å². The number of ether oxygens (including phenoxy) is 1. The molecule has 8 nitrogen and oxygen atoms in total. The zero-order valence-corrected chi connectivity index (χ0v) is 11.7. The summed E-state index contributed by atoms with van der Waals surface area (Å²) in [6.07, 6.45) is -3.61. The van der Waals surface area contributed by atoms with Crippen LogP contribution in [0.5, 0.6) is 5.75 Å². The van der Waals surface area contributed by atoms with E-state index >= 15 is 0 Å². The number of alkyl halides is 3. The number of hydrogen-bond donors (Lipinski definition) is 2. The van der Waals surface area contributed by atoms with Crippen LogP contribution in [0.2, 0.25) is 0 Å². The molecule has 2 N–H and O–H groups in total. The van der Waals surface area contributed by atoms with E-state index in [1.165, 1.54) is 6.20 Å². The number of rotatable bonds is 3. The summed E-state index contributed by atoms with van der Waals surface area (Å²) < 4.78 is 42.8. The number of hydrogen-bond acceptors (Lipinski definition) is 6. The lowest BCUT2D eigenvalue weighted by Crippen LogP contribution is -2.52. The number of halogens is 3. The van der Waals surface area contributed by atoms with Gasteiger partial charge in [0.15, 0.2) is 0 Å². The van der Waals surface area contributed by atoms with Gasteiger partial charge >= 0.3 is 18.0 Å². The van der Waals surface area contributed by atoms with Crippen LogP contribution in [0.3, 0.4) is 0 Å². The molecule has 23 heavy (non-hydrogen) atoms. The molecule has 1 amide bonds. The Morgan fingerprint density at radius 2 is 2.22 bits per heavy atom. The van der Waals surface area contributed by atoms with Crippen LogP contribution >= 0.6 is 0 Å². The molecule has 0 radical (unpaired) electrons. The molecule has 0 aromatic carbocycles. The first kappa shape index (κ1) is 16.9. The smallest absolute Gasteiger partial charge is 0.403 e. The van der Waals surface area contributed by atoms with E-state index in [0.29, 0.717) is 0 Å². The number of nitrogens with one attached hydrogen (secondary N) is 2. The Morgan fingerprint density at radius 1 is 1.48 bits per heavy atom. The number of amides is 1. The number of aromatic nitrogens is 1. The molecule has 1 aromatic rings. The van der Waals surface area contributed by atoms with E-state index in [1.54, 1.807) is 0 Å². The molecule has 2 rings (SSSR count). The monoisotopic (exact) mass is 334 g/mol. The zero-order valence-electron chi connectivity index (χ0n) is 11.7. The van der Waals surface area contributed by atoms with E-state index in [9.17, 15) is 28.1 Å². The molecule has 1 aliphatic heterocycles. The average molecular weight is 334 g/mol. The molecule has 1 fully saturated rings. The van der Waals surface area contributed by atoms with Crippen molar-refractivity contribution < 1.29 is 27.6 Å². The maximum absolute atomic E-state index is 12.7. The Hall–Kier alpha value is -2.43. The van der Waals surface area contributed by atoms with E-state index in [2.05, 4.69) is 15.6 Å². The Labute approximate surface area is 128 Å². The highest BCUT2D eigenvalue weighted by atomic mass is 19.4. The van der Waals surface area contributed by atoms with Crippen LogP contribution in [0.25, 0.3) is 0 Å². The second kappa shape index (κ2) is 6.77. The number of nitro groups is 1. The fourth-order valence-corrected chi connectivity index (χ4v) is 2.19. The molecule has 0 aliphatic carbocycles. The quantitative estimate of drug-likeness (QED) is 0.643. The minimum absolute atomic E-state index is 0.153. The lowest BCUT2D eigenvalue weighted by atomic mass is 9.95. The molecule has 0 spiro atoms. The lowest BCUT2D eigenvalue weighted by molar-refractivity contribution is -0.385. The van der Waals surface area contributed by atoms with Gasteiger partial charge in [0.05, 0.1) is 10.8 Å². The molecule has 0 saturated carbocycles. The lowest BCUT2D eigenvalue weighted by Gasteiger charge is -2.31. The normalized spacial score (nSPS) is 21.5. The summed E-state index contributed by atoms with van der Waals surface area (Å²) in [5.74, 6) is -1.91. The molecule has 1 aliphatic rings. The first-order valence-corrected chi connectivity index (χ1v) is 6.61. The highest BCUT2D eigenvalue weighted by Gasteiger charge is 2.42. The van der Waals surface area contributed by atoms with Crippen molar-refractivity contribution in [3.8, 4) is 5.75 Å². The highest BCUT2D eigenvalue weighted by molar-refractivity contribution is 5.72. The van der Waals surface area contributed by atoms with Crippen LogP contribution < -0.4 is 15.4 Å². The summed E-state index contributed by atoms with van der Waals surface area (Å²) >= 11 is 0. The van der Waals surface area contributed by atoms with Crippen LogP contribution in [0.15, 0.2) is 18.5 Å². The number of pyridine rings is 1. The van der Waals surface area contributed by atoms with E-state index in [-0.39, 0.29) is 25.3 Å². The average Bonchev–Trinajstić information content (AvgIpc) is 2.46. The predicted octanol–water partition coefficient (Wildman–Crippen LogP) is 1.62. The highest BCUT2D eigenvalue weighted by Crippen LogP contribution is 2.31. The van der Waals surface area contributed by atoms with Crippen LogP contribution in [0, 0.1) is 16.0 Å². The summed E-state index contributed by atoms with van der Waals surface area (Å²) in [5, 5.41) is 15.6. The Balaban J connectivity index is 1.96. The molecule has 2 atom stereocenters. The molecule has 1 saturated heterocycles. The number of carbonyl (C=O) groups excluding carboxylic acids is 1. The van der Waals surface area contributed by atoms with Gasteiger partial charge in [-0.15, -0.1) is 0 Å². The maximum atomic E-state index is 12.7. The summed E-state index contributed by atoms with van der Waals surface area (Å²) in [5.41, 5.74) is -0.516.